The van der Waals surface area contributed by atoms with Crippen LogP contribution in [0.3, 0.4) is 0 Å². The van der Waals surface area contributed by atoms with Crippen LogP contribution in [0.5, 0.6) is 0 Å². The number of hydrogen-bond donors (Lipinski definition) is 1. The van der Waals surface area contributed by atoms with Crippen LogP contribution in [-0.4, -0.2) is 22.4 Å². The third kappa shape index (κ3) is 3.27. The minimum atomic E-state index is -0.114. The summed E-state index contributed by atoms with van der Waals surface area (Å²) in [5.41, 5.74) is 3.65. The van der Waals surface area contributed by atoms with Gasteiger partial charge < -0.3 is 14.6 Å². The fourth-order valence-electron chi connectivity index (χ4n) is 3.85. The van der Waals surface area contributed by atoms with Crippen molar-refractivity contribution >= 4 is 33.3 Å². The minimum Gasteiger partial charge on any atom is -0.467 e. The first-order valence-corrected chi connectivity index (χ1v) is 10.4. The summed E-state index contributed by atoms with van der Waals surface area (Å²) in [5, 5.41) is 3.90. The number of carbonyl (C=O) groups excluding carboxylic acids is 1. The summed E-state index contributed by atoms with van der Waals surface area (Å²) in [6, 6.07) is 12.2. The van der Waals surface area contributed by atoms with Crippen LogP contribution in [0.25, 0.3) is 10.2 Å². The van der Waals surface area contributed by atoms with Gasteiger partial charge in [0, 0.05) is 13.1 Å². The number of nitrogens with one attached hydrogen (secondary N) is 1. The zero-order valence-electron chi connectivity index (χ0n) is 16.0. The van der Waals surface area contributed by atoms with Gasteiger partial charge in [-0.1, -0.05) is 24.3 Å². The van der Waals surface area contributed by atoms with E-state index in [-0.39, 0.29) is 5.91 Å². The number of hydrogen-bond acceptors (Lipinski definition) is 6. The van der Waals surface area contributed by atoms with Crippen molar-refractivity contribution in [1.29, 1.82) is 0 Å². The van der Waals surface area contributed by atoms with Crippen molar-refractivity contribution in [3.05, 3.63) is 76.3 Å². The number of furan rings is 1. The number of anilines is 1. The Bertz CT molecular complexity index is 1180. The monoisotopic (exact) mass is 404 g/mol. The van der Waals surface area contributed by atoms with Crippen molar-refractivity contribution < 1.29 is 9.21 Å². The van der Waals surface area contributed by atoms with Crippen LogP contribution in [0, 0.1) is 6.92 Å². The summed E-state index contributed by atoms with van der Waals surface area (Å²) in [7, 11) is 0. The number of aromatic nitrogens is 2. The average Bonchev–Trinajstić information content (AvgIpc) is 3.40. The van der Waals surface area contributed by atoms with Crippen molar-refractivity contribution in [3.8, 4) is 0 Å². The third-order valence-electron chi connectivity index (χ3n) is 5.35. The maximum absolute atomic E-state index is 12.8. The third-order valence-corrected chi connectivity index (χ3v) is 6.55. The van der Waals surface area contributed by atoms with Crippen LogP contribution >= 0.6 is 11.3 Å². The molecule has 0 bridgehead atoms. The van der Waals surface area contributed by atoms with E-state index in [1.165, 1.54) is 22.5 Å². The van der Waals surface area contributed by atoms with Gasteiger partial charge in [0.1, 0.15) is 22.7 Å². The van der Waals surface area contributed by atoms with Gasteiger partial charge in [0.05, 0.1) is 23.1 Å². The summed E-state index contributed by atoms with van der Waals surface area (Å²) in [5.74, 6) is 1.52. The molecule has 146 valence electrons. The summed E-state index contributed by atoms with van der Waals surface area (Å²) < 4.78 is 5.30. The standard InChI is InChI=1S/C22H20N4O2S/c1-14-18-20(26-9-8-15-5-2-3-6-16(15)12-26)24-13-25-22(18)29-19(14)21(27)23-11-17-7-4-10-28-17/h2-7,10,13H,8-9,11-12H2,1H3,(H,23,27). The zero-order chi connectivity index (χ0) is 19.8. The Labute approximate surface area is 172 Å². The van der Waals surface area contributed by atoms with E-state index in [0.29, 0.717) is 11.4 Å². The van der Waals surface area contributed by atoms with Crippen LogP contribution in [-0.2, 0) is 19.5 Å². The number of benzene rings is 1. The first-order chi connectivity index (χ1) is 14.2. The van der Waals surface area contributed by atoms with E-state index in [9.17, 15) is 4.79 Å². The van der Waals surface area contributed by atoms with E-state index in [1.807, 2.05) is 19.1 Å². The number of rotatable bonds is 4. The predicted molar refractivity (Wildman–Crippen MR) is 113 cm³/mol. The minimum absolute atomic E-state index is 0.114. The van der Waals surface area contributed by atoms with E-state index in [0.717, 1.165) is 46.9 Å². The Morgan fingerprint density at radius 1 is 1.21 bits per heavy atom. The lowest BCUT2D eigenvalue weighted by Crippen LogP contribution is -2.31. The maximum Gasteiger partial charge on any atom is 0.262 e. The highest BCUT2D eigenvalue weighted by Crippen LogP contribution is 2.36. The number of carbonyl (C=O) groups is 1. The lowest BCUT2D eigenvalue weighted by atomic mass is 9.99. The summed E-state index contributed by atoms with van der Waals surface area (Å²) in [6.07, 6.45) is 4.19. The Hall–Kier alpha value is -3.19. The number of thiophene rings is 1. The van der Waals surface area contributed by atoms with Crippen LogP contribution in [0.2, 0.25) is 0 Å². The Kier molecular flexibility index (Phi) is 4.52. The Morgan fingerprint density at radius 3 is 2.90 bits per heavy atom. The molecular weight excluding hydrogens is 384 g/mol. The molecule has 1 amide bonds. The largest absolute Gasteiger partial charge is 0.467 e. The Balaban J connectivity index is 1.46. The molecule has 1 aliphatic heterocycles. The quantitative estimate of drug-likeness (QED) is 0.555. The van der Waals surface area contributed by atoms with Gasteiger partial charge in [-0.15, -0.1) is 11.3 Å². The first-order valence-electron chi connectivity index (χ1n) is 9.57. The molecule has 6 nitrogen and oxygen atoms in total. The van der Waals surface area contributed by atoms with Crippen LogP contribution < -0.4 is 10.2 Å². The normalized spacial score (nSPS) is 13.5. The molecular formula is C22H20N4O2S. The SMILES string of the molecule is Cc1c(C(=O)NCc2ccco2)sc2ncnc(N3CCc4ccccc4C3)c12. The zero-order valence-corrected chi connectivity index (χ0v) is 16.8. The van der Waals surface area contributed by atoms with Crippen LogP contribution in [0.1, 0.15) is 32.1 Å². The highest BCUT2D eigenvalue weighted by Gasteiger charge is 2.24. The van der Waals surface area contributed by atoms with Gasteiger partial charge in [-0.3, -0.25) is 4.79 Å². The summed E-state index contributed by atoms with van der Waals surface area (Å²) in [6.45, 7) is 4.06. The molecule has 29 heavy (non-hydrogen) atoms. The summed E-state index contributed by atoms with van der Waals surface area (Å²) in [4.78, 5) is 25.6. The van der Waals surface area contributed by atoms with Gasteiger partial charge >= 0.3 is 0 Å². The molecule has 1 N–H and O–H groups in total. The van der Waals surface area contributed by atoms with E-state index in [2.05, 4.69) is 44.5 Å². The highest BCUT2D eigenvalue weighted by atomic mass is 32.1. The van der Waals surface area contributed by atoms with Gasteiger partial charge in [-0.05, 0) is 42.2 Å². The molecule has 3 aromatic heterocycles. The number of nitrogens with zero attached hydrogens (tertiary/aromatic N) is 3. The first kappa shape index (κ1) is 17.9. The van der Waals surface area contributed by atoms with Crippen molar-refractivity contribution in [1.82, 2.24) is 15.3 Å². The molecule has 0 saturated carbocycles. The Morgan fingerprint density at radius 2 is 2.07 bits per heavy atom. The van der Waals surface area contributed by atoms with Crippen molar-refractivity contribution in [2.45, 2.75) is 26.4 Å². The van der Waals surface area contributed by atoms with Crippen molar-refractivity contribution in [2.75, 3.05) is 11.4 Å². The van der Waals surface area contributed by atoms with Crippen LogP contribution in [0.15, 0.2) is 53.4 Å². The molecule has 4 aromatic rings. The molecule has 0 aliphatic carbocycles. The van der Waals surface area contributed by atoms with E-state index < -0.39 is 0 Å². The molecule has 0 spiro atoms. The van der Waals surface area contributed by atoms with Gasteiger partial charge in [0.25, 0.3) is 5.91 Å². The molecule has 0 saturated heterocycles. The lowest BCUT2D eigenvalue weighted by molar-refractivity contribution is 0.0951. The molecule has 1 aliphatic rings. The number of aryl methyl sites for hydroxylation is 1. The molecule has 4 heterocycles. The maximum atomic E-state index is 12.8. The second-order valence-electron chi connectivity index (χ2n) is 7.14. The molecule has 5 rings (SSSR count). The molecule has 7 heteroatoms. The predicted octanol–water partition coefficient (Wildman–Crippen LogP) is 4.09. The number of amides is 1. The van der Waals surface area contributed by atoms with Crippen LogP contribution in [0.4, 0.5) is 5.82 Å². The summed E-state index contributed by atoms with van der Waals surface area (Å²) >= 11 is 1.41. The van der Waals surface area contributed by atoms with Gasteiger partial charge in [-0.25, -0.2) is 9.97 Å². The van der Waals surface area contributed by atoms with Gasteiger partial charge in [0.15, 0.2) is 0 Å². The smallest absolute Gasteiger partial charge is 0.262 e. The molecule has 0 radical (unpaired) electrons. The van der Waals surface area contributed by atoms with E-state index in [1.54, 1.807) is 12.6 Å². The molecule has 0 atom stereocenters. The molecule has 1 aromatic carbocycles. The average molecular weight is 404 g/mol. The van der Waals surface area contributed by atoms with Gasteiger partial charge in [-0.2, -0.15) is 0 Å². The second kappa shape index (κ2) is 7.33. The second-order valence-corrected chi connectivity index (χ2v) is 8.13. The van der Waals surface area contributed by atoms with E-state index in [4.69, 9.17) is 4.42 Å². The van der Waals surface area contributed by atoms with Crippen molar-refractivity contribution in [3.63, 3.8) is 0 Å². The number of fused-ring (bicyclic) bond motifs is 2. The fraction of sp³-hybridized carbons (Fsp3) is 0.227. The van der Waals surface area contributed by atoms with Crippen molar-refractivity contribution in [2.24, 2.45) is 0 Å². The molecule has 0 fully saturated rings. The molecule has 0 unspecified atom stereocenters. The highest BCUT2D eigenvalue weighted by molar-refractivity contribution is 7.20. The van der Waals surface area contributed by atoms with E-state index >= 15 is 0 Å². The lowest BCUT2D eigenvalue weighted by Gasteiger charge is -2.30. The van der Waals surface area contributed by atoms with Gasteiger partial charge in [0.2, 0.25) is 0 Å². The topological polar surface area (TPSA) is 71.3 Å². The fourth-order valence-corrected chi connectivity index (χ4v) is 4.91.